The topological polar surface area (TPSA) is 21.3 Å². The van der Waals surface area contributed by atoms with Crippen LogP contribution in [-0.2, 0) is 6.42 Å². The highest BCUT2D eigenvalue weighted by molar-refractivity contribution is 9.10. The number of ether oxygens (including phenoxy) is 1. The summed E-state index contributed by atoms with van der Waals surface area (Å²) in [5, 5.41) is 5.22. The Morgan fingerprint density at radius 1 is 1.35 bits per heavy atom. The summed E-state index contributed by atoms with van der Waals surface area (Å²) in [6.45, 7) is -2.80. The maximum Gasteiger partial charge on any atom is 0.387 e. The van der Waals surface area contributed by atoms with Gasteiger partial charge in [0.25, 0.3) is 0 Å². The summed E-state index contributed by atoms with van der Waals surface area (Å²) < 4.78 is 30.0. The molecule has 0 saturated carbocycles. The largest absolute Gasteiger partial charge is 0.435 e. The second kappa shape index (κ2) is 7.15. The lowest BCUT2D eigenvalue weighted by atomic mass is 10.0. The zero-order valence-corrected chi connectivity index (χ0v) is 13.2. The number of alkyl halides is 2. The van der Waals surface area contributed by atoms with Crippen LogP contribution in [0.1, 0.15) is 16.5 Å². The molecule has 2 nitrogen and oxygen atoms in total. The van der Waals surface area contributed by atoms with E-state index in [0.717, 1.165) is 16.5 Å². The van der Waals surface area contributed by atoms with E-state index in [1.807, 2.05) is 24.6 Å². The first-order valence-corrected chi connectivity index (χ1v) is 7.71. The molecule has 0 aliphatic rings. The summed E-state index contributed by atoms with van der Waals surface area (Å²) >= 11 is 5.17. The van der Waals surface area contributed by atoms with Crippen molar-refractivity contribution in [3.63, 3.8) is 0 Å². The second-order valence-corrected chi connectivity index (χ2v) is 6.04. The fourth-order valence-corrected chi connectivity index (χ4v) is 3.51. The Hall–Kier alpha value is -0.980. The number of rotatable bonds is 6. The second-order valence-electron chi connectivity index (χ2n) is 4.19. The molecular weight excluding hydrogens is 348 g/mol. The highest BCUT2D eigenvalue weighted by Gasteiger charge is 2.14. The number of hydrogen-bond donors (Lipinski definition) is 1. The molecule has 1 aromatic carbocycles. The molecule has 108 valence electrons. The third-order valence-electron chi connectivity index (χ3n) is 2.91. The van der Waals surface area contributed by atoms with Crippen LogP contribution in [0.5, 0.6) is 5.75 Å². The van der Waals surface area contributed by atoms with E-state index in [4.69, 9.17) is 0 Å². The molecule has 1 aromatic heterocycles. The van der Waals surface area contributed by atoms with Gasteiger partial charge in [0.1, 0.15) is 5.75 Å². The first kappa shape index (κ1) is 15.4. The van der Waals surface area contributed by atoms with Crippen LogP contribution in [-0.4, -0.2) is 13.7 Å². The molecule has 0 bridgehead atoms. The molecule has 0 saturated heterocycles. The zero-order valence-electron chi connectivity index (χ0n) is 10.8. The molecule has 2 rings (SSSR count). The molecule has 20 heavy (non-hydrogen) atoms. The maximum atomic E-state index is 12.3. The summed E-state index contributed by atoms with van der Waals surface area (Å²) in [5.41, 5.74) is 0.922. The van der Waals surface area contributed by atoms with Gasteiger partial charge in [-0.05, 0) is 52.1 Å². The average molecular weight is 362 g/mol. The lowest BCUT2D eigenvalue weighted by Crippen LogP contribution is -2.18. The molecular formula is C14H14BrF2NOS. The smallest absolute Gasteiger partial charge is 0.387 e. The van der Waals surface area contributed by atoms with Gasteiger partial charge in [-0.25, -0.2) is 0 Å². The fourth-order valence-electron chi connectivity index (χ4n) is 1.95. The van der Waals surface area contributed by atoms with Crippen LogP contribution in [0, 0.1) is 0 Å². The van der Waals surface area contributed by atoms with Crippen molar-refractivity contribution in [2.75, 3.05) is 7.05 Å². The standard InChI is InChI=1S/C14H14BrF2NOS/c1-18-12(8-13-11(15)5-6-20-13)9-3-2-4-10(7-9)19-14(16)17/h2-7,12,14,18H,8H2,1H3. The Bertz CT molecular complexity index is 562. The summed E-state index contributed by atoms with van der Waals surface area (Å²) in [6, 6.07) is 8.86. The Labute approximate surface area is 128 Å². The van der Waals surface area contributed by atoms with E-state index in [0.29, 0.717) is 0 Å². The van der Waals surface area contributed by atoms with E-state index in [9.17, 15) is 8.78 Å². The number of nitrogens with one attached hydrogen (secondary N) is 1. The predicted molar refractivity (Wildman–Crippen MR) is 80.6 cm³/mol. The third kappa shape index (κ3) is 4.01. The molecule has 1 heterocycles. The van der Waals surface area contributed by atoms with Crippen LogP contribution in [0.4, 0.5) is 8.78 Å². The summed E-state index contributed by atoms with van der Waals surface area (Å²) in [4.78, 5) is 1.21. The fraction of sp³-hybridized carbons (Fsp3) is 0.286. The van der Waals surface area contributed by atoms with Gasteiger partial charge in [0.2, 0.25) is 0 Å². The molecule has 1 N–H and O–H groups in total. The van der Waals surface area contributed by atoms with Crippen LogP contribution < -0.4 is 10.1 Å². The van der Waals surface area contributed by atoms with E-state index in [1.165, 1.54) is 10.9 Å². The summed E-state index contributed by atoms with van der Waals surface area (Å²) in [5.74, 6) is 0.183. The average Bonchev–Trinajstić information content (AvgIpc) is 2.81. The van der Waals surface area contributed by atoms with Gasteiger partial charge >= 0.3 is 6.61 Å². The number of thiophene rings is 1. The quantitative estimate of drug-likeness (QED) is 0.810. The van der Waals surface area contributed by atoms with Gasteiger partial charge < -0.3 is 10.1 Å². The van der Waals surface area contributed by atoms with E-state index >= 15 is 0 Å². The molecule has 0 radical (unpaired) electrons. The third-order valence-corrected chi connectivity index (χ3v) is 4.86. The molecule has 1 atom stereocenters. The van der Waals surface area contributed by atoms with E-state index in [1.54, 1.807) is 23.5 Å². The number of hydrogen-bond acceptors (Lipinski definition) is 3. The van der Waals surface area contributed by atoms with Crippen molar-refractivity contribution in [2.24, 2.45) is 0 Å². The lowest BCUT2D eigenvalue weighted by molar-refractivity contribution is -0.0499. The minimum absolute atomic E-state index is 0.0474. The highest BCUT2D eigenvalue weighted by Crippen LogP contribution is 2.29. The van der Waals surface area contributed by atoms with Crippen molar-refractivity contribution in [2.45, 2.75) is 19.1 Å². The van der Waals surface area contributed by atoms with Gasteiger partial charge in [0, 0.05) is 21.8 Å². The summed E-state index contributed by atoms with van der Waals surface area (Å²) in [6.07, 6.45) is 0.785. The molecule has 2 aromatic rings. The van der Waals surface area contributed by atoms with Gasteiger partial charge in [-0.2, -0.15) is 8.78 Å². The Balaban J connectivity index is 2.17. The molecule has 0 fully saturated rings. The monoisotopic (exact) mass is 361 g/mol. The SMILES string of the molecule is CNC(Cc1sccc1Br)c1cccc(OC(F)F)c1. The van der Waals surface area contributed by atoms with Crippen LogP contribution in [0.2, 0.25) is 0 Å². The van der Waals surface area contributed by atoms with Crippen molar-refractivity contribution >= 4 is 27.3 Å². The van der Waals surface area contributed by atoms with Gasteiger partial charge in [-0.1, -0.05) is 12.1 Å². The highest BCUT2D eigenvalue weighted by atomic mass is 79.9. The Morgan fingerprint density at radius 3 is 2.75 bits per heavy atom. The molecule has 0 aliphatic carbocycles. The van der Waals surface area contributed by atoms with Crippen molar-refractivity contribution < 1.29 is 13.5 Å². The summed E-state index contributed by atoms with van der Waals surface area (Å²) in [7, 11) is 1.85. The molecule has 0 aliphatic heterocycles. The normalized spacial score (nSPS) is 12.7. The van der Waals surface area contributed by atoms with Gasteiger partial charge in [0.05, 0.1) is 0 Å². The van der Waals surface area contributed by atoms with E-state index in [-0.39, 0.29) is 11.8 Å². The van der Waals surface area contributed by atoms with E-state index < -0.39 is 6.61 Å². The van der Waals surface area contributed by atoms with Crippen LogP contribution >= 0.6 is 27.3 Å². The van der Waals surface area contributed by atoms with Gasteiger partial charge in [-0.3, -0.25) is 0 Å². The molecule has 6 heteroatoms. The van der Waals surface area contributed by atoms with Crippen LogP contribution in [0.15, 0.2) is 40.2 Å². The number of benzene rings is 1. The van der Waals surface area contributed by atoms with Crippen molar-refractivity contribution in [3.05, 3.63) is 50.6 Å². The first-order chi connectivity index (χ1) is 9.60. The van der Waals surface area contributed by atoms with Crippen molar-refractivity contribution in [1.29, 1.82) is 0 Å². The Morgan fingerprint density at radius 2 is 2.15 bits per heavy atom. The zero-order chi connectivity index (χ0) is 14.5. The minimum atomic E-state index is -2.80. The first-order valence-electron chi connectivity index (χ1n) is 6.04. The van der Waals surface area contributed by atoms with Crippen LogP contribution in [0.25, 0.3) is 0 Å². The Kier molecular flexibility index (Phi) is 5.51. The molecule has 0 spiro atoms. The number of halogens is 3. The molecule has 1 unspecified atom stereocenters. The minimum Gasteiger partial charge on any atom is -0.435 e. The lowest BCUT2D eigenvalue weighted by Gasteiger charge is -2.17. The van der Waals surface area contributed by atoms with Crippen molar-refractivity contribution in [1.82, 2.24) is 5.32 Å². The van der Waals surface area contributed by atoms with Crippen LogP contribution in [0.3, 0.4) is 0 Å². The maximum absolute atomic E-state index is 12.3. The van der Waals surface area contributed by atoms with Gasteiger partial charge in [-0.15, -0.1) is 11.3 Å². The number of likely N-dealkylation sites (N-methyl/N-ethyl adjacent to an activating group) is 1. The van der Waals surface area contributed by atoms with Crippen molar-refractivity contribution in [3.8, 4) is 5.75 Å². The predicted octanol–water partition coefficient (Wildman–Crippen LogP) is 4.62. The van der Waals surface area contributed by atoms with Gasteiger partial charge in [0.15, 0.2) is 0 Å². The molecule has 0 amide bonds. The van der Waals surface area contributed by atoms with E-state index in [2.05, 4.69) is 26.0 Å².